The van der Waals surface area contributed by atoms with Gasteiger partial charge in [0, 0.05) is 12.1 Å². The molecule has 0 aromatic heterocycles. The molecule has 3 rings (SSSR count). The second kappa shape index (κ2) is 5.87. The van der Waals surface area contributed by atoms with Gasteiger partial charge in [-0.3, -0.25) is 4.79 Å². The first-order valence-corrected chi connectivity index (χ1v) is 9.44. The van der Waals surface area contributed by atoms with Crippen molar-refractivity contribution in [2.24, 2.45) is 17.6 Å². The van der Waals surface area contributed by atoms with E-state index in [4.69, 9.17) is 5.73 Å². The van der Waals surface area contributed by atoms with Crippen molar-refractivity contribution < 1.29 is 17.6 Å². The van der Waals surface area contributed by atoms with E-state index in [0.717, 1.165) is 24.8 Å². The first-order valence-electron chi connectivity index (χ1n) is 7.83. The van der Waals surface area contributed by atoms with E-state index in [1.54, 1.807) is 13.0 Å². The molecule has 1 amide bonds. The van der Waals surface area contributed by atoms with E-state index in [0.29, 0.717) is 6.54 Å². The Kier molecular flexibility index (Phi) is 4.18. The van der Waals surface area contributed by atoms with E-state index in [1.807, 2.05) is 0 Å². The molecule has 1 saturated heterocycles. The first-order chi connectivity index (χ1) is 10.8. The number of carbonyl (C=O) groups excluding carboxylic acids is 1. The fraction of sp³-hybridized carbons (Fsp3) is 0.562. The van der Waals surface area contributed by atoms with Gasteiger partial charge in [0.1, 0.15) is 11.9 Å². The lowest BCUT2D eigenvalue weighted by atomic mass is 9.94. The number of fused-ring (bicyclic) bond motifs is 1. The Morgan fingerprint density at radius 2 is 2.13 bits per heavy atom. The average molecular weight is 340 g/mol. The lowest BCUT2D eigenvalue weighted by Crippen LogP contribution is -2.46. The minimum atomic E-state index is -3.79. The van der Waals surface area contributed by atoms with E-state index in [2.05, 4.69) is 0 Å². The summed E-state index contributed by atoms with van der Waals surface area (Å²) in [7, 11) is -3.79. The lowest BCUT2D eigenvalue weighted by molar-refractivity contribution is -0.122. The number of primary amides is 1. The minimum Gasteiger partial charge on any atom is -0.368 e. The summed E-state index contributed by atoms with van der Waals surface area (Å²) >= 11 is 0. The van der Waals surface area contributed by atoms with Crippen molar-refractivity contribution in [1.29, 1.82) is 0 Å². The Labute approximate surface area is 135 Å². The van der Waals surface area contributed by atoms with Crippen LogP contribution in [0.2, 0.25) is 0 Å². The zero-order valence-electron chi connectivity index (χ0n) is 13.0. The van der Waals surface area contributed by atoms with Crippen molar-refractivity contribution in [3.63, 3.8) is 0 Å². The highest BCUT2D eigenvalue weighted by Gasteiger charge is 2.51. The van der Waals surface area contributed by atoms with E-state index in [9.17, 15) is 17.6 Å². The third-order valence-electron chi connectivity index (χ3n) is 5.04. The highest BCUT2D eigenvalue weighted by Crippen LogP contribution is 2.43. The zero-order chi connectivity index (χ0) is 16.8. The van der Waals surface area contributed by atoms with Crippen LogP contribution in [-0.4, -0.2) is 31.2 Å². The summed E-state index contributed by atoms with van der Waals surface area (Å²) in [4.78, 5) is 11.8. The summed E-state index contributed by atoms with van der Waals surface area (Å²) in [5.74, 6) is -1.39. The molecule has 0 radical (unpaired) electrons. The zero-order valence-corrected chi connectivity index (χ0v) is 13.9. The van der Waals surface area contributed by atoms with Gasteiger partial charge in [0.25, 0.3) is 0 Å². The lowest BCUT2D eigenvalue weighted by Gasteiger charge is -2.24. The number of rotatable bonds is 4. The SMILES string of the molecule is Cc1ccc(CS(=O)(=O)N2C[C@@H]3CCC[C@@H]3[C@H]2C(N)=O)c(F)c1. The molecule has 0 unspecified atom stereocenters. The molecular formula is C16H21FN2O3S. The van der Waals surface area contributed by atoms with Crippen LogP contribution in [0, 0.1) is 24.6 Å². The highest BCUT2D eigenvalue weighted by atomic mass is 32.2. The first kappa shape index (κ1) is 16.4. The second-order valence-electron chi connectivity index (χ2n) is 6.62. The number of carbonyl (C=O) groups is 1. The van der Waals surface area contributed by atoms with Gasteiger partial charge in [-0.05, 0) is 43.2 Å². The predicted molar refractivity (Wildman–Crippen MR) is 84.3 cm³/mol. The maximum absolute atomic E-state index is 14.0. The van der Waals surface area contributed by atoms with Crippen molar-refractivity contribution in [1.82, 2.24) is 4.31 Å². The van der Waals surface area contributed by atoms with Crippen LogP contribution in [0.25, 0.3) is 0 Å². The van der Waals surface area contributed by atoms with Gasteiger partial charge in [-0.15, -0.1) is 0 Å². The van der Waals surface area contributed by atoms with Crippen LogP contribution in [0.3, 0.4) is 0 Å². The molecule has 1 saturated carbocycles. The molecule has 2 aliphatic rings. The summed E-state index contributed by atoms with van der Waals surface area (Å²) in [5.41, 5.74) is 6.32. The second-order valence-corrected chi connectivity index (χ2v) is 8.54. The number of sulfonamides is 1. The molecule has 5 nitrogen and oxygen atoms in total. The van der Waals surface area contributed by atoms with Crippen LogP contribution < -0.4 is 5.73 Å². The summed E-state index contributed by atoms with van der Waals surface area (Å²) < 4.78 is 40.7. The summed E-state index contributed by atoms with van der Waals surface area (Å²) in [6.07, 6.45) is 2.74. The maximum atomic E-state index is 14.0. The molecule has 1 aliphatic carbocycles. The Balaban J connectivity index is 1.88. The van der Waals surface area contributed by atoms with E-state index in [-0.39, 0.29) is 17.4 Å². The number of aryl methyl sites for hydroxylation is 1. The molecule has 23 heavy (non-hydrogen) atoms. The van der Waals surface area contributed by atoms with Gasteiger partial charge >= 0.3 is 0 Å². The number of amides is 1. The van der Waals surface area contributed by atoms with Gasteiger partial charge in [-0.25, -0.2) is 12.8 Å². The van der Waals surface area contributed by atoms with E-state index in [1.165, 1.54) is 16.4 Å². The monoisotopic (exact) mass is 340 g/mol. The molecule has 1 aliphatic heterocycles. The van der Waals surface area contributed by atoms with Crippen LogP contribution in [0.1, 0.15) is 30.4 Å². The summed E-state index contributed by atoms with van der Waals surface area (Å²) in [6.45, 7) is 2.06. The fourth-order valence-corrected chi connectivity index (χ4v) is 5.77. The average Bonchev–Trinajstić information content (AvgIpc) is 3.01. The quantitative estimate of drug-likeness (QED) is 0.903. The van der Waals surface area contributed by atoms with Gasteiger partial charge in [0.2, 0.25) is 15.9 Å². The molecule has 7 heteroatoms. The Bertz CT molecular complexity index is 735. The molecule has 1 aromatic carbocycles. The third kappa shape index (κ3) is 2.99. The number of hydrogen-bond donors (Lipinski definition) is 1. The van der Waals surface area contributed by atoms with E-state index >= 15 is 0 Å². The topological polar surface area (TPSA) is 80.5 Å². The molecule has 1 heterocycles. The highest BCUT2D eigenvalue weighted by molar-refractivity contribution is 7.88. The number of halogens is 1. The van der Waals surface area contributed by atoms with Gasteiger partial charge in [0.15, 0.2) is 0 Å². The van der Waals surface area contributed by atoms with Crippen molar-refractivity contribution >= 4 is 15.9 Å². The molecule has 126 valence electrons. The summed E-state index contributed by atoms with van der Waals surface area (Å²) in [5, 5.41) is 0. The van der Waals surface area contributed by atoms with Gasteiger partial charge in [0.05, 0.1) is 5.75 Å². The number of nitrogens with zero attached hydrogens (tertiary/aromatic N) is 1. The van der Waals surface area contributed by atoms with Crippen molar-refractivity contribution in [3.8, 4) is 0 Å². The predicted octanol–water partition coefficient (Wildman–Crippen LogP) is 1.55. The molecule has 2 N–H and O–H groups in total. The Morgan fingerprint density at radius 3 is 2.78 bits per heavy atom. The van der Waals surface area contributed by atoms with Gasteiger partial charge < -0.3 is 5.73 Å². The molecule has 0 bridgehead atoms. The molecule has 3 atom stereocenters. The number of hydrogen-bond acceptors (Lipinski definition) is 3. The molecular weight excluding hydrogens is 319 g/mol. The van der Waals surface area contributed by atoms with Gasteiger partial charge in [-0.1, -0.05) is 18.6 Å². The smallest absolute Gasteiger partial charge is 0.236 e. The fourth-order valence-electron chi connectivity index (χ4n) is 3.95. The van der Waals surface area contributed by atoms with Crippen LogP contribution in [-0.2, 0) is 20.6 Å². The summed E-state index contributed by atoms with van der Waals surface area (Å²) in [6, 6.07) is 3.69. The Hall–Kier alpha value is -1.47. The standard InChI is InChI=1S/C16H21FN2O3S/c1-10-5-6-12(14(17)7-10)9-23(21,22)19-8-11-3-2-4-13(11)15(19)16(18)20/h5-7,11,13,15H,2-4,8-9H2,1H3,(H2,18,20)/t11-,13-,15-/m0/s1. The van der Waals surface area contributed by atoms with Crippen molar-refractivity contribution in [2.75, 3.05) is 6.54 Å². The Morgan fingerprint density at radius 1 is 1.39 bits per heavy atom. The van der Waals surface area contributed by atoms with Crippen LogP contribution in [0.15, 0.2) is 18.2 Å². The molecule has 0 spiro atoms. The van der Waals surface area contributed by atoms with Crippen LogP contribution >= 0.6 is 0 Å². The molecule has 2 fully saturated rings. The van der Waals surface area contributed by atoms with Crippen molar-refractivity contribution in [2.45, 2.75) is 38.0 Å². The molecule has 1 aromatic rings. The normalized spacial score (nSPS) is 28.0. The third-order valence-corrected chi connectivity index (χ3v) is 6.81. The van der Waals surface area contributed by atoms with Gasteiger partial charge in [-0.2, -0.15) is 4.31 Å². The maximum Gasteiger partial charge on any atom is 0.236 e. The number of benzene rings is 1. The van der Waals surface area contributed by atoms with E-state index < -0.39 is 33.5 Å². The minimum absolute atomic E-state index is 0.00476. The van der Waals surface area contributed by atoms with Crippen molar-refractivity contribution in [3.05, 3.63) is 35.1 Å². The van der Waals surface area contributed by atoms with Crippen LogP contribution in [0.5, 0.6) is 0 Å². The van der Waals surface area contributed by atoms with Crippen LogP contribution in [0.4, 0.5) is 4.39 Å². The largest absolute Gasteiger partial charge is 0.368 e. The number of nitrogens with two attached hydrogens (primary N) is 1.